The highest BCUT2D eigenvalue weighted by molar-refractivity contribution is 7.90. The van der Waals surface area contributed by atoms with Gasteiger partial charge in [0.15, 0.2) is 9.84 Å². The summed E-state index contributed by atoms with van der Waals surface area (Å²) in [5, 5.41) is 0.671. The van der Waals surface area contributed by atoms with Crippen LogP contribution in [0, 0.1) is 0 Å². The molecule has 2 rings (SSSR count). The van der Waals surface area contributed by atoms with Crippen LogP contribution in [0.25, 0.3) is 0 Å². The lowest BCUT2D eigenvalue weighted by Crippen LogP contribution is -2.22. The van der Waals surface area contributed by atoms with Crippen molar-refractivity contribution < 1.29 is 13.2 Å². The van der Waals surface area contributed by atoms with Gasteiger partial charge in [-0.3, -0.25) is 4.90 Å². The summed E-state index contributed by atoms with van der Waals surface area (Å²) in [6, 6.07) is 12.7. The number of hydrogen-bond donors (Lipinski definition) is 0. The Labute approximate surface area is 148 Å². The Morgan fingerprint density at radius 3 is 2.33 bits per heavy atom. The third kappa shape index (κ3) is 4.50. The lowest BCUT2D eigenvalue weighted by molar-refractivity contribution is 0.249. The van der Waals surface area contributed by atoms with E-state index in [0.717, 1.165) is 16.9 Å². The number of sulfone groups is 1. The van der Waals surface area contributed by atoms with Gasteiger partial charge in [-0.1, -0.05) is 23.7 Å². The highest BCUT2D eigenvalue weighted by Crippen LogP contribution is 2.27. The van der Waals surface area contributed by atoms with Gasteiger partial charge in [-0.05, 0) is 49.9 Å². The molecular weight excluding hydrogens is 346 g/mol. The molecule has 0 aliphatic rings. The van der Waals surface area contributed by atoms with E-state index in [4.69, 9.17) is 16.3 Å². The zero-order valence-corrected chi connectivity index (χ0v) is 15.9. The Morgan fingerprint density at radius 1 is 1.17 bits per heavy atom. The van der Waals surface area contributed by atoms with Crippen molar-refractivity contribution >= 4 is 21.4 Å². The number of methoxy groups -OCH3 is 1. The van der Waals surface area contributed by atoms with Crippen molar-refractivity contribution in [2.75, 3.05) is 20.4 Å². The first-order valence-corrected chi connectivity index (χ1v) is 9.82. The minimum absolute atomic E-state index is 0.113. The maximum Gasteiger partial charge on any atom is 0.175 e. The molecule has 0 saturated carbocycles. The van der Waals surface area contributed by atoms with Crippen LogP contribution < -0.4 is 4.74 Å². The van der Waals surface area contributed by atoms with Gasteiger partial charge in [-0.15, -0.1) is 0 Å². The molecule has 0 amide bonds. The molecule has 4 nitrogen and oxygen atoms in total. The van der Waals surface area contributed by atoms with Crippen molar-refractivity contribution in [3.05, 3.63) is 58.6 Å². The molecule has 0 spiro atoms. The maximum absolute atomic E-state index is 11.6. The summed E-state index contributed by atoms with van der Waals surface area (Å²) >= 11 is 6.08. The van der Waals surface area contributed by atoms with E-state index in [9.17, 15) is 8.42 Å². The Balaban J connectivity index is 2.18. The fourth-order valence-electron chi connectivity index (χ4n) is 2.52. The number of rotatable bonds is 6. The van der Waals surface area contributed by atoms with Crippen LogP contribution in [0.2, 0.25) is 5.02 Å². The normalized spacial score (nSPS) is 13.1. The summed E-state index contributed by atoms with van der Waals surface area (Å²) in [5.74, 6) is 0.797. The van der Waals surface area contributed by atoms with Gasteiger partial charge in [0.05, 0.1) is 12.0 Å². The molecule has 0 saturated heterocycles. The summed E-state index contributed by atoms with van der Waals surface area (Å²) in [4.78, 5) is 2.49. The van der Waals surface area contributed by atoms with Gasteiger partial charge < -0.3 is 4.74 Å². The zero-order valence-electron chi connectivity index (χ0n) is 14.3. The standard InChI is InChI=1S/C18H22ClNO3S/c1-13(14-5-8-17(9-6-14)24(4,21)22)20(2)12-15-11-16(19)7-10-18(15)23-3/h5-11,13H,12H2,1-4H3. The van der Waals surface area contributed by atoms with Gasteiger partial charge in [-0.25, -0.2) is 8.42 Å². The van der Waals surface area contributed by atoms with Crippen LogP contribution in [0.1, 0.15) is 24.1 Å². The average molecular weight is 368 g/mol. The van der Waals surface area contributed by atoms with Crippen LogP contribution in [0.15, 0.2) is 47.4 Å². The van der Waals surface area contributed by atoms with E-state index in [1.165, 1.54) is 6.26 Å². The van der Waals surface area contributed by atoms with Crippen LogP contribution in [-0.2, 0) is 16.4 Å². The van der Waals surface area contributed by atoms with E-state index in [0.29, 0.717) is 16.5 Å². The van der Waals surface area contributed by atoms with E-state index in [-0.39, 0.29) is 6.04 Å². The van der Waals surface area contributed by atoms with Crippen molar-refractivity contribution in [2.45, 2.75) is 24.4 Å². The molecule has 130 valence electrons. The molecule has 1 atom stereocenters. The molecule has 2 aromatic carbocycles. The summed E-state index contributed by atoms with van der Waals surface area (Å²) in [6.07, 6.45) is 1.21. The third-order valence-electron chi connectivity index (χ3n) is 4.11. The Hall–Kier alpha value is -1.56. The molecule has 24 heavy (non-hydrogen) atoms. The van der Waals surface area contributed by atoms with Crippen LogP contribution in [-0.4, -0.2) is 33.7 Å². The number of halogens is 1. The summed E-state index contributed by atoms with van der Waals surface area (Å²) in [5.41, 5.74) is 2.05. The number of ether oxygens (including phenoxy) is 1. The largest absolute Gasteiger partial charge is 0.496 e. The quantitative estimate of drug-likeness (QED) is 0.775. The second-order valence-corrected chi connectivity index (χ2v) is 8.34. The molecule has 2 aromatic rings. The van der Waals surface area contributed by atoms with Crippen molar-refractivity contribution in [1.29, 1.82) is 0 Å². The SMILES string of the molecule is COc1ccc(Cl)cc1CN(C)C(C)c1ccc(S(C)(=O)=O)cc1. The topological polar surface area (TPSA) is 46.6 Å². The lowest BCUT2D eigenvalue weighted by atomic mass is 10.1. The molecule has 0 aliphatic carbocycles. The van der Waals surface area contributed by atoms with Crippen LogP contribution in [0.5, 0.6) is 5.75 Å². The van der Waals surface area contributed by atoms with Gasteiger partial charge in [0.2, 0.25) is 0 Å². The predicted molar refractivity (Wildman–Crippen MR) is 97.4 cm³/mol. The highest BCUT2D eigenvalue weighted by atomic mass is 35.5. The van der Waals surface area contributed by atoms with Gasteiger partial charge in [-0.2, -0.15) is 0 Å². The monoisotopic (exact) mass is 367 g/mol. The van der Waals surface area contributed by atoms with E-state index in [1.807, 2.05) is 31.3 Å². The van der Waals surface area contributed by atoms with E-state index in [1.54, 1.807) is 25.3 Å². The lowest BCUT2D eigenvalue weighted by Gasteiger charge is -2.26. The number of nitrogens with zero attached hydrogens (tertiary/aromatic N) is 1. The fraction of sp³-hybridized carbons (Fsp3) is 0.333. The van der Waals surface area contributed by atoms with Gasteiger partial charge in [0.1, 0.15) is 5.75 Å². The summed E-state index contributed by atoms with van der Waals surface area (Å²) in [7, 11) is 0.476. The van der Waals surface area contributed by atoms with E-state index >= 15 is 0 Å². The summed E-state index contributed by atoms with van der Waals surface area (Å²) < 4.78 is 28.5. The molecule has 1 unspecified atom stereocenters. The van der Waals surface area contributed by atoms with Gasteiger partial charge >= 0.3 is 0 Å². The van der Waals surface area contributed by atoms with Crippen molar-refractivity contribution in [3.8, 4) is 5.75 Å². The van der Waals surface area contributed by atoms with Crippen LogP contribution in [0.4, 0.5) is 0 Å². The molecule has 0 radical (unpaired) electrons. The molecule has 0 aliphatic heterocycles. The van der Waals surface area contributed by atoms with Gasteiger partial charge in [0.25, 0.3) is 0 Å². The minimum Gasteiger partial charge on any atom is -0.496 e. The number of benzene rings is 2. The van der Waals surface area contributed by atoms with Crippen molar-refractivity contribution in [3.63, 3.8) is 0 Å². The average Bonchev–Trinajstić information content (AvgIpc) is 2.53. The van der Waals surface area contributed by atoms with Gasteiger partial charge in [0, 0.05) is 29.4 Å². The first-order chi connectivity index (χ1) is 11.2. The Kier molecular flexibility index (Phi) is 5.91. The Bertz CT molecular complexity index is 804. The Morgan fingerprint density at radius 2 is 1.79 bits per heavy atom. The molecule has 0 aromatic heterocycles. The first-order valence-electron chi connectivity index (χ1n) is 7.55. The van der Waals surface area contributed by atoms with Crippen LogP contribution >= 0.6 is 11.6 Å². The molecule has 0 heterocycles. The second kappa shape index (κ2) is 7.55. The van der Waals surface area contributed by atoms with Crippen LogP contribution in [0.3, 0.4) is 0 Å². The smallest absolute Gasteiger partial charge is 0.175 e. The van der Waals surface area contributed by atoms with Crippen molar-refractivity contribution in [2.24, 2.45) is 0 Å². The number of hydrogen-bond acceptors (Lipinski definition) is 4. The van der Waals surface area contributed by atoms with E-state index in [2.05, 4.69) is 11.8 Å². The van der Waals surface area contributed by atoms with E-state index < -0.39 is 9.84 Å². The predicted octanol–water partition coefficient (Wildman–Crippen LogP) is 3.95. The molecule has 0 N–H and O–H groups in total. The third-order valence-corrected chi connectivity index (χ3v) is 5.48. The molecular formula is C18H22ClNO3S. The summed E-state index contributed by atoms with van der Waals surface area (Å²) in [6.45, 7) is 2.74. The highest BCUT2D eigenvalue weighted by Gasteiger charge is 2.15. The molecule has 6 heteroatoms. The first kappa shape index (κ1) is 18.8. The zero-order chi connectivity index (χ0) is 17.9. The van der Waals surface area contributed by atoms with Crippen molar-refractivity contribution in [1.82, 2.24) is 4.90 Å². The fourth-order valence-corrected chi connectivity index (χ4v) is 3.35. The molecule has 0 bridgehead atoms. The minimum atomic E-state index is -3.17. The second-order valence-electron chi connectivity index (χ2n) is 5.89. The maximum atomic E-state index is 11.6. The molecule has 0 fully saturated rings.